The van der Waals surface area contributed by atoms with Gasteiger partial charge in [-0.1, -0.05) is 23.4 Å². The molecule has 4 rings (SSSR count). The SMILES string of the molecule is CC1N=c2ccc(Sc3cnc(N4CCC(C)(N)CC4)cn3)c(Cl)c2=N1. The molecule has 26 heavy (non-hydrogen) atoms. The molecule has 0 aliphatic carbocycles. The zero-order chi connectivity index (χ0) is 18.3. The summed E-state index contributed by atoms with van der Waals surface area (Å²) >= 11 is 8.00. The summed E-state index contributed by atoms with van der Waals surface area (Å²) in [5, 5.41) is 3.06. The predicted molar refractivity (Wildman–Crippen MR) is 103 cm³/mol. The molecule has 2 aliphatic rings. The number of aromatic nitrogens is 2. The summed E-state index contributed by atoms with van der Waals surface area (Å²) < 4.78 is 0. The third-order valence-electron chi connectivity index (χ3n) is 4.76. The summed E-state index contributed by atoms with van der Waals surface area (Å²) in [4.78, 5) is 21.2. The maximum atomic E-state index is 6.51. The van der Waals surface area contributed by atoms with E-state index in [1.165, 1.54) is 11.8 Å². The molecule has 1 aromatic heterocycles. The van der Waals surface area contributed by atoms with Gasteiger partial charge in [-0.3, -0.25) is 9.98 Å². The van der Waals surface area contributed by atoms with Gasteiger partial charge in [0.05, 0.1) is 22.8 Å². The molecular weight excluding hydrogens is 368 g/mol. The molecule has 3 heterocycles. The van der Waals surface area contributed by atoms with E-state index in [9.17, 15) is 0 Å². The predicted octanol–water partition coefficient (Wildman–Crippen LogP) is 2.20. The van der Waals surface area contributed by atoms with Crippen LogP contribution in [0.15, 0.2) is 44.4 Å². The average molecular weight is 389 g/mol. The van der Waals surface area contributed by atoms with Crippen LogP contribution < -0.4 is 21.3 Å². The first-order valence-electron chi connectivity index (χ1n) is 8.69. The molecule has 0 saturated carbocycles. The molecule has 136 valence electrons. The highest BCUT2D eigenvalue weighted by Crippen LogP contribution is 2.30. The number of rotatable bonds is 3. The summed E-state index contributed by atoms with van der Waals surface area (Å²) in [7, 11) is 0. The van der Waals surface area contributed by atoms with Crippen LogP contribution >= 0.6 is 23.4 Å². The highest BCUT2D eigenvalue weighted by molar-refractivity contribution is 7.99. The molecule has 1 saturated heterocycles. The van der Waals surface area contributed by atoms with Crippen molar-refractivity contribution in [3.63, 3.8) is 0 Å². The second-order valence-corrected chi connectivity index (χ2v) is 8.53. The Kier molecular flexibility index (Phi) is 4.62. The summed E-state index contributed by atoms with van der Waals surface area (Å²) in [5.41, 5.74) is 6.13. The number of hydrogen-bond donors (Lipinski definition) is 1. The van der Waals surface area contributed by atoms with E-state index in [2.05, 4.69) is 31.8 Å². The van der Waals surface area contributed by atoms with Crippen LogP contribution in [0.1, 0.15) is 26.7 Å². The van der Waals surface area contributed by atoms with Crippen LogP contribution in [0.25, 0.3) is 0 Å². The van der Waals surface area contributed by atoms with Crippen LogP contribution in [0.4, 0.5) is 5.82 Å². The second kappa shape index (κ2) is 6.79. The van der Waals surface area contributed by atoms with E-state index in [1.807, 2.05) is 25.3 Å². The van der Waals surface area contributed by atoms with Crippen molar-refractivity contribution in [1.29, 1.82) is 0 Å². The van der Waals surface area contributed by atoms with Crippen molar-refractivity contribution in [2.24, 2.45) is 15.7 Å². The lowest BCUT2D eigenvalue weighted by Crippen LogP contribution is -2.48. The maximum absolute atomic E-state index is 6.51. The van der Waals surface area contributed by atoms with Crippen LogP contribution in [-0.2, 0) is 0 Å². The van der Waals surface area contributed by atoms with Gasteiger partial charge in [0, 0.05) is 23.5 Å². The second-order valence-electron chi connectivity index (χ2n) is 7.09. The van der Waals surface area contributed by atoms with Gasteiger partial charge in [0.25, 0.3) is 0 Å². The number of halogens is 1. The zero-order valence-corrected chi connectivity index (χ0v) is 16.4. The van der Waals surface area contributed by atoms with Crippen LogP contribution in [0.5, 0.6) is 0 Å². The monoisotopic (exact) mass is 388 g/mol. The normalized spacial score (nSPS) is 21.1. The van der Waals surface area contributed by atoms with Gasteiger partial charge in [0.1, 0.15) is 22.4 Å². The van der Waals surface area contributed by atoms with Crippen molar-refractivity contribution in [2.75, 3.05) is 18.0 Å². The minimum atomic E-state index is -0.0706. The molecular formula is C18H21ClN6S. The van der Waals surface area contributed by atoms with Gasteiger partial charge in [-0.05, 0) is 38.8 Å². The van der Waals surface area contributed by atoms with Crippen molar-refractivity contribution in [3.8, 4) is 0 Å². The number of fused-ring (bicyclic) bond motifs is 1. The highest BCUT2D eigenvalue weighted by Gasteiger charge is 2.26. The Hall–Kier alpha value is -1.70. The molecule has 1 fully saturated rings. The molecule has 0 spiro atoms. The first kappa shape index (κ1) is 17.7. The van der Waals surface area contributed by atoms with Gasteiger partial charge < -0.3 is 10.6 Å². The summed E-state index contributed by atoms with van der Waals surface area (Å²) in [6.07, 6.45) is 5.47. The van der Waals surface area contributed by atoms with Crippen LogP contribution in [0.2, 0.25) is 5.02 Å². The number of nitrogens with zero attached hydrogens (tertiary/aromatic N) is 5. The number of piperidine rings is 1. The highest BCUT2D eigenvalue weighted by atomic mass is 35.5. The van der Waals surface area contributed by atoms with E-state index in [-0.39, 0.29) is 11.7 Å². The van der Waals surface area contributed by atoms with Gasteiger partial charge in [-0.2, -0.15) is 0 Å². The smallest absolute Gasteiger partial charge is 0.147 e. The van der Waals surface area contributed by atoms with E-state index in [4.69, 9.17) is 17.3 Å². The van der Waals surface area contributed by atoms with Crippen molar-refractivity contribution < 1.29 is 0 Å². The fourth-order valence-corrected chi connectivity index (χ4v) is 4.23. The molecule has 0 bridgehead atoms. The summed E-state index contributed by atoms with van der Waals surface area (Å²) in [6, 6.07) is 3.92. The topological polar surface area (TPSA) is 79.8 Å². The Labute approximate surface area is 161 Å². The quantitative estimate of drug-likeness (QED) is 0.871. The summed E-state index contributed by atoms with van der Waals surface area (Å²) in [6.45, 7) is 5.87. The van der Waals surface area contributed by atoms with Crippen LogP contribution in [0.3, 0.4) is 0 Å². The minimum absolute atomic E-state index is 0.0678. The standard InChI is InChI=1S/C18H21ClN6S/c1-11-23-12-3-4-13(16(19)17(12)24-11)26-15-10-21-14(9-22-15)25-7-5-18(2,20)6-8-25/h3-4,9-11H,5-8,20H2,1-2H3. The number of benzene rings is 1. The zero-order valence-electron chi connectivity index (χ0n) is 14.8. The first-order valence-corrected chi connectivity index (χ1v) is 9.89. The summed E-state index contributed by atoms with van der Waals surface area (Å²) in [5.74, 6) is 0.896. The largest absolute Gasteiger partial charge is 0.355 e. The average Bonchev–Trinajstić information content (AvgIpc) is 3.00. The first-order chi connectivity index (χ1) is 12.4. The minimum Gasteiger partial charge on any atom is -0.355 e. The van der Waals surface area contributed by atoms with Crippen LogP contribution in [0, 0.1) is 0 Å². The molecule has 2 N–H and O–H groups in total. The maximum Gasteiger partial charge on any atom is 0.147 e. The van der Waals surface area contributed by atoms with E-state index in [0.29, 0.717) is 5.02 Å². The molecule has 2 aliphatic heterocycles. The van der Waals surface area contributed by atoms with E-state index in [1.54, 1.807) is 6.20 Å². The van der Waals surface area contributed by atoms with Crippen molar-refractivity contribution in [2.45, 2.75) is 48.3 Å². The van der Waals surface area contributed by atoms with E-state index >= 15 is 0 Å². The fourth-order valence-electron chi connectivity index (χ4n) is 3.14. The Balaban J connectivity index is 1.50. The van der Waals surface area contributed by atoms with Crippen LogP contribution in [-0.4, -0.2) is 34.8 Å². The molecule has 0 amide bonds. The Morgan fingerprint density at radius 3 is 2.65 bits per heavy atom. The molecule has 0 radical (unpaired) electrons. The van der Waals surface area contributed by atoms with Crippen molar-refractivity contribution in [3.05, 3.63) is 40.3 Å². The number of nitrogens with two attached hydrogens (primary N) is 1. The lowest BCUT2D eigenvalue weighted by molar-refractivity contribution is 0.363. The Morgan fingerprint density at radius 1 is 1.19 bits per heavy atom. The van der Waals surface area contributed by atoms with Crippen molar-refractivity contribution in [1.82, 2.24) is 9.97 Å². The Morgan fingerprint density at radius 2 is 1.96 bits per heavy atom. The molecule has 1 atom stereocenters. The Bertz CT molecular complexity index is 933. The number of anilines is 1. The van der Waals surface area contributed by atoms with Gasteiger partial charge in [-0.15, -0.1) is 0 Å². The lowest BCUT2D eigenvalue weighted by atomic mass is 9.91. The lowest BCUT2D eigenvalue weighted by Gasteiger charge is -2.37. The fraction of sp³-hybridized carbons (Fsp3) is 0.444. The van der Waals surface area contributed by atoms with Gasteiger partial charge >= 0.3 is 0 Å². The molecule has 8 heteroatoms. The van der Waals surface area contributed by atoms with E-state index < -0.39 is 0 Å². The van der Waals surface area contributed by atoms with E-state index in [0.717, 1.165) is 52.4 Å². The van der Waals surface area contributed by atoms with Crippen molar-refractivity contribution >= 4 is 29.2 Å². The third kappa shape index (κ3) is 3.56. The molecule has 6 nitrogen and oxygen atoms in total. The molecule has 2 aromatic rings. The number of hydrogen-bond acceptors (Lipinski definition) is 7. The van der Waals surface area contributed by atoms with Gasteiger partial charge in [0.15, 0.2) is 0 Å². The molecule has 1 unspecified atom stereocenters. The third-order valence-corrected chi connectivity index (χ3v) is 6.23. The van der Waals surface area contributed by atoms with Gasteiger partial charge in [-0.25, -0.2) is 9.97 Å². The molecule has 1 aromatic carbocycles. The van der Waals surface area contributed by atoms with Gasteiger partial charge in [0.2, 0.25) is 0 Å².